The molecule has 0 saturated carbocycles. The highest BCUT2D eigenvalue weighted by Crippen LogP contribution is 2.35. The van der Waals surface area contributed by atoms with Gasteiger partial charge in [0.05, 0.1) is 5.69 Å². The lowest BCUT2D eigenvalue weighted by atomic mass is 9.86. The molecule has 2 heterocycles. The molecule has 3 aromatic rings. The van der Waals surface area contributed by atoms with Gasteiger partial charge in [0.15, 0.2) is 5.82 Å². The van der Waals surface area contributed by atoms with Crippen molar-refractivity contribution < 1.29 is 22.7 Å². The molecule has 2 aromatic carbocycles. The minimum Gasteiger partial charge on any atom is -0.506 e. The molecule has 35 heavy (non-hydrogen) atoms. The number of carbonyl (C=O) groups excluding carboxylic acids is 1. The number of hydrogen-bond donors (Lipinski definition) is 3. The lowest BCUT2D eigenvalue weighted by Crippen LogP contribution is -2.30. The van der Waals surface area contributed by atoms with Crippen LogP contribution in [0.2, 0.25) is 0 Å². The van der Waals surface area contributed by atoms with Crippen LogP contribution in [0.15, 0.2) is 48.7 Å². The van der Waals surface area contributed by atoms with Gasteiger partial charge in [-0.15, -0.1) is 0 Å². The van der Waals surface area contributed by atoms with Crippen LogP contribution >= 0.6 is 0 Å². The SMILES string of the molecule is Cc1c(NCc2cc(O)c(N3CC(=O)NS3(=O)=O)c(F)c2)ccnc1-c1ccc(C(C)(C)C)cc1. The summed E-state index contributed by atoms with van der Waals surface area (Å²) in [5.41, 5.74) is 4.59. The summed E-state index contributed by atoms with van der Waals surface area (Å²) in [6, 6.07) is 12.5. The number of amides is 1. The van der Waals surface area contributed by atoms with Crippen molar-refractivity contribution in [3.8, 4) is 17.0 Å². The number of anilines is 2. The molecular weight excluding hydrogens is 471 g/mol. The van der Waals surface area contributed by atoms with Gasteiger partial charge in [0.25, 0.3) is 5.91 Å². The summed E-state index contributed by atoms with van der Waals surface area (Å²) < 4.78 is 41.1. The second kappa shape index (κ2) is 8.84. The monoisotopic (exact) mass is 498 g/mol. The molecule has 0 bridgehead atoms. The zero-order valence-corrected chi connectivity index (χ0v) is 20.7. The summed E-state index contributed by atoms with van der Waals surface area (Å²) in [4.78, 5) is 16.0. The Bertz CT molecular complexity index is 1380. The normalized spacial score (nSPS) is 15.2. The van der Waals surface area contributed by atoms with Crippen molar-refractivity contribution >= 4 is 27.5 Å². The minimum absolute atomic E-state index is 0.0474. The second-order valence-corrected chi connectivity index (χ2v) is 11.1. The van der Waals surface area contributed by atoms with Gasteiger partial charge < -0.3 is 10.4 Å². The van der Waals surface area contributed by atoms with Gasteiger partial charge in [0.1, 0.15) is 18.0 Å². The van der Waals surface area contributed by atoms with Gasteiger partial charge in [-0.3, -0.25) is 9.78 Å². The van der Waals surface area contributed by atoms with Crippen molar-refractivity contribution in [3.05, 3.63) is 71.2 Å². The Hall–Kier alpha value is -3.66. The smallest absolute Gasteiger partial charge is 0.326 e. The topological polar surface area (TPSA) is 112 Å². The van der Waals surface area contributed by atoms with Crippen molar-refractivity contribution in [1.29, 1.82) is 0 Å². The number of halogens is 1. The number of pyridine rings is 1. The molecule has 1 amide bonds. The van der Waals surface area contributed by atoms with E-state index in [1.54, 1.807) is 17.0 Å². The van der Waals surface area contributed by atoms with Gasteiger partial charge in [0.2, 0.25) is 0 Å². The first-order valence-electron chi connectivity index (χ1n) is 11.0. The molecule has 4 rings (SSSR count). The number of phenolic OH excluding ortho intramolecular Hbond substituents is 1. The van der Waals surface area contributed by atoms with E-state index in [1.807, 2.05) is 19.1 Å². The Kier molecular flexibility index (Phi) is 6.18. The number of hydrogen-bond acceptors (Lipinski definition) is 6. The average molecular weight is 499 g/mol. The molecular formula is C25H27FN4O4S. The summed E-state index contributed by atoms with van der Waals surface area (Å²) in [5.74, 6) is -2.33. The van der Waals surface area contributed by atoms with Crippen LogP contribution in [0, 0.1) is 12.7 Å². The highest BCUT2D eigenvalue weighted by Gasteiger charge is 2.37. The van der Waals surface area contributed by atoms with Crippen LogP contribution in [0.3, 0.4) is 0 Å². The first-order valence-corrected chi connectivity index (χ1v) is 12.5. The Balaban J connectivity index is 1.55. The summed E-state index contributed by atoms with van der Waals surface area (Å²) in [6.07, 6.45) is 1.69. The summed E-state index contributed by atoms with van der Waals surface area (Å²) in [6.45, 7) is 7.98. The second-order valence-electron chi connectivity index (χ2n) is 9.50. The van der Waals surface area contributed by atoms with Gasteiger partial charge in [-0.1, -0.05) is 45.0 Å². The number of rotatable bonds is 5. The van der Waals surface area contributed by atoms with Gasteiger partial charge in [-0.25, -0.2) is 13.4 Å². The third kappa shape index (κ3) is 4.93. The van der Waals surface area contributed by atoms with Crippen molar-refractivity contribution in [2.24, 2.45) is 0 Å². The molecule has 1 saturated heterocycles. The van der Waals surface area contributed by atoms with Crippen molar-refractivity contribution in [1.82, 2.24) is 9.71 Å². The Morgan fingerprint density at radius 2 is 1.86 bits per heavy atom. The number of aromatic hydroxyl groups is 1. The number of benzene rings is 2. The molecule has 3 N–H and O–H groups in total. The van der Waals surface area contributed by atoms with Crippen LogP contribution in [-0.2, 0) is 27.0 Å². The first kappa shape index (κ1) is 24.5. The predicted octanol–water partition coefficient (Wildman–Crippen LogP) is 3.99. The van der Waals surface area contributed by atoms with Crippen LogP contribution in [0.25, 0.3) is 11.3 Å². The van der Waals surface area contributed by atoms with E-state index in [-0.39, 0.29) is 12.0 Å². The summed E-state index contributed by atoms with van der Waals surface area (Å²) >= 11 is 0. The van der Waals surface area contributed by atoms with E-state index >= 15 is 0 Å². The van der Waals surface area contributed by atoms with Crippen molar-refractivity contribution in [2.75, 3.05) is 16.2 Å². The van der Waals surface area contributed by atoms with E-state index in [4.69, 9.17) is 0 Å². The molecule has 1 aromatic heterocycles. The van der Waals surface area contributed by atoms with E-state index in [2.05, 4.69) is 43.2 Å². The molecule has 0 unspecified atom stereocenters. The van der Waals surface area contributed by atoms with Crippen LogP contribution in [-0.4, -0.2) is 31.0 Å². The lowest BCUT2D eigenvalue weighted by molar-refractivity contribution is -0.117. The fraction of sp³-hybridized carbons (Fsp3) is 0.280. The van der Waals surface area contributed by atoms with Crippen LogP contribution < -0.4 is 14.3 Å². The number of nitrogens with one attached hydrogen (secondary N) is 2. The molecule has 1 aliphatic rings. The summed E-state index contributed by atoms with van der Waals surface area (Å²) in [7, 11) is -4.24. The molecule has 0 atom stereocenters. The third-order valence-electron chi connectivity index (χ3n) is 5.88. The van der Waals surface area contributed by atoms with Crippen LogP contribution in [0.4, 0.5) is 15.8 Å². The van der Waals surface area contributed by atoms with E-state index in [0.29, 0.717) is 9.87 Å². The van der Waals surface area contributed by atoms with E-state index in [1.165, 1.54) is 11.6 Å². The number of phenols is 1. The number of nitrogens with zero attached hydrogens (tertiary/aromatic N) is 2. The molecule has 10 heteroatoms. The van der Waals surface area contributed by atoms with E-state index in [0.717, 1.165) is 28.6 Å². The van der Waals surface area contributed by atoms with Crippen LogP contribution in [0.1, 0.15) is 37.5 Å². The van der Waals surface area contributed by atoms with Gasteiger partial charge in [0, 0.05) is 24.0 Å². The number of carbonyl (C=O) groups is 1. The molecule has 8 nitrogen and oxygen atoms in total. The zero-order chi connectivity index (χ0) is 25.5. The number of aromatic nitrogens is 1. The Labute approximate surface area is 204 Å². The standard InChI is InChI=1S/C25H27FN4O4S/c1-15-20(9-10-27-23(15)17-5-7-18(8-6-17)25(2,3)4)28-13-16-11-19(26)24(21(31)12-16)30-14-22(32)29-35(30,33)34/h5-12,31H,13-14H2,1-4H3,(H,27,28)(H,29,32). The molecule has 0 spiro atoms. The fourth-order valence-corrected chi connectivity index (χ4v) is 5.15. The molecule has 1 aliphatic heterocycles. The van der Waals surface area contributed by atoms with Crippen molar-refractivity contribution in [2.45, 2.75) is 39.7 Å². The van der Waals surface area contributed by atoms with E-state index in [9.17, 15) is 22.7 Å². The quantitative estimate of drug-likeness (QED) is 0.491. The maximum absolute atomic E-state index is 14.8. The first-order chi connectivity index (χ1) is 16.4. The molecule has 0 radical (unpaired) electrons. The Morgan fingerprint density at radius 1 is 1.17 bits per heavy atom. The highest BCUT2D eigenvalue weighted by atomic mass is 32.2. The maximum Gasteiger partial charge on any atom is 0.326 e. The Morgan fingerprint density at radius 3 is 2.43 bits per heavy atom. The molecule has 0 aliphatic carbocycles. The average Bonchev–Trinajstić information content (AvgIpc) is 3.03. The zero-order valence-electron chi connectivity index (χ0n) is 19.9. The predicted molar refractivity (Wildman–Crippen MR) is 133 cm³/mol. The molecule has 184 valence electrons. The summed E-state index contributed by atoms with van der Waals surface area (Å²) in [5, 5.41) is 13.6. The lowest BCUT2D eigenvalue weighted by Gasteiger charge is -2.20. The highest BCUT2D eigenvalue weighted by molar-refractivity contribution is 7.92. The van der Waals surface area contributed by atoms with Gasteiger partial charge in [-0.2, -0.15) is 8.42 Å². The fourth-order valence-electron chi connectivity index (χ4n) is 3.98. The van der Waals surface area contributed by atoms with Crippen LogP contribution in [0.5, 0.6) is 5.75 Å². The van der Waals surface area contributed by atoms with E-state index < -0.39 is 39.9 Å². The third-order valence-corrected chi connectivity index (χ3v) is 7.26. The van der Waals surface area contributed by atoms with Crippen molar-refractivity contribution in [3.63, 3.8) is 0 Å². The minimum atomic E-state index is -4.24. The largest absolute Gasteiger partial charge is 0.506 e. The van der Waals surface area contributed by atoms with Gasteiger partial charge >= 0.3 is 10.2 Å². The maximum atomic E-state index is 14.8. The molecule has 1 fully saturated rings. The van der Waals surface area contributed by atoms with Gasteiger partial charge in [-0.05, 0) is 47.2 Å².